The van der Waals surface area contributed by atoms with Crippen molar-refractivity contribution < 1.29 is 61.9 Å². The zero-order valence-electron chi connectivity index (χ0n) is 25.9. The molecule has 1 aliphatic carbocycles. The lowest BCUT2D eigenvalue weighted by Gasteiger charge is -2.49. The summed E-state index contributed by atoms with van der Waals surface area (Å²) in [6.07, 6.45) is -8.51. The first-order valence-corrected chi connectivity index (χ1v) is 17.6. The van der Waals surface area contributed by atoms with E-state index >= 15 is 0 Å². The van der Waals surface area contributed by atoms with E-state index in [2.05, 4.69) is 0 Å². The van der Waals surface area contributed by atoms with Crippen molar-refractivity contribution >= 4 is 29.0 Å². The molecule has 0 radical (unpaired) electrons. The van der Waals surface area contributed by atoms with E-state index in [0.29, 0.717) is 19.1 Å². The van der Waals surface area contributed by atoms with Crippen LogP contribution < -0.4 is 9.64 Å². The Morgan fingerprint density at radius 2 is 1.57 bits per heavy atom. The van der Waals surface area contributed by atoms with Crippen LogP contribution in [0.5, 0.6) is 5.75 Å². The Labute approximate surface area is 267 Å². The highest BCUT2D eigenvalue weighted by Gasteiger charge is 2.68. The number of ether oxygens (including phenoxy) is 1. The number of benzene rings is 2. The van der Waals surface area contributed by atoms with Crippen molar-refractivity contribution in [2.45, 2.75) is 80.6 Å². The van der Waals surface area contributed by atoms with Gasteiger partial charge in [0, 0.05) is 50.7 Å². The first-order valence-electron chi connectivity index (χ1n) is 14.6. The molecule has 0 unspecified atom stereocenters. The largest absolute Gasteiger partial charge is 0.492 e. The van der Waals surface area contributed by atoms with E-state index in [1.165, 1.54) is 26.0 Å². The molecule has 0 N–H and O–H groups in total. The predicted molar refractivity (Wildman–Crippen MR) is 157 cm³/mol. The second-order valence-corrected chi connectivity index (χ2v) is 16.2. The van der Waals surface area contributed by atoms with Crippen LogP contribution in [-0.2, 0) is 29.8 Å². The minimum atomic E-state index is -5.19. The van der Waals surface area contributed by atoms with Crippen molar-refractivity contribution in [2.24, 2.45) is 0 Å². The molecule has 18 heteroatoms. The van der Waals surface area contributed by atoms with E-state index in [4.69, 9.17) is 13.8 Å². The summed E-state index contributed by atoms with van der Waals surface area (Å²) in [4.78, 5) is 0.434. The number of fused-ring (bicyclic) bond motifs is 1. The molecular weight excluding hydrogens is 687 g/mol. The zero-order valence-corrected chi connectivity index (χ0v) is 27.6. The second-order valence-electron chi connectivity index (χ2n) is 11.7. The average Bonchev–Trinajstić information content (AvgIpc) is 3.01. The van der Waals surface area contributed by atoms with Gasteiger partial charge < -0.3 is 18.7 Å². The van der Waals surface area contributed by atoms with E-state index in [1.54, 1.807) is 0 Å². The van der Waals surface area contributed by atoms with Crippen molar-refractivity contribution in [2.75, 3.05) is 38.3 Å². The Balaban J connectivity index is 1.88. The number of hydrogen-bond donors (Lipinski definition) is 0. The van der Waals surface area contributed by atoms with Crippen LogP contribution in [0.4, 0.5) is 46.5 Å². The fourth-order valence-corrected chi connectivity index (χ4v) is 9.73. The maximum absolute atomic E-state index is 14.6. The monoisotopic (exact) mass is 722 g/mol. The summed E-state index contributed by atoms with van der Waals surface area (Å²) in [5.41, 5.74) is -1.94. The number of likely N-dealkylation sites (N-methyl/N-ethyl adjacent to an activating group) is 1. The smallest absolute Gasteiger partial charge is 0.420 e. The number of hydrogen-bond acceptors (Lipinski definition) is 7. The van der Waals surface area contributed by atoms with Gasteiger partial charge in [0.1, 0.15) is 28.2 Å². The van der Waals surface area contributed by atoms with Gasteiger partial charge in [0.15, 0.2) is 0 Å². The van der Waals surface area contributed by atoms with Gasteiger partial charge in [-0.05, 0) is 57.5 Å². The third-order valence-corrected chi connectivity index (χ3v) is 12.9. The van der Waals surface area contributed by atoms with Gasteiger partial charge in [-0.2, -0.15) is 17.5 Å². The van der Waals surface area contributed by atoms with Crippen LogP contribution in [0.2, 0.25) is 0 Å². The summed E-state index contributed by atoms with van der Waals surface area (Å²) in [5, 5.41) is -2.05. The molecule has 0 bridgehead atoms. The highest BCUT2D eigenvalue weighted by molar-refractivity contribution is 7.89. The predicted octanol–water partition coefficient (Wildman–Crippen LogP) is 8.23. The quantitative estimate of drug-likeness (QED) is 0.161. The molecule has 1 atom stereocenters. The first kappa shape index (κ1) is 37.4. The fourth-order valence-electron chi connectivity index (χ4n) is 5.79. The number of sulfonamides is 1. The zero-order chi connectivity index (χ0) is 35.2. The van der Waals surface area contributed by atoms with Crippen molar-refractivity contribution in [1.29, 1.82) is 0 Å². The van der Waals surface area contributed by atoms with E-state index < -0.39 is 100 Å². The number of halogens is 8. The van der Waals surface area contributed by atoms with Crippen LogP contribution in [0.25, 0.3) is 0 Å². The first-order chi connectivity index (χ1) is 21.6. The molecule has 4 rings (SSSR count). The van der Waals surface area contributed by atoms with Gasteiger partial charge in [0.25, 0.3) is 5.92 Å². The molecule has 1 fully saturated rings. The van der Waals surface area contributed by atoms with Crippen LogP contribution >= 0.6 is 7.60 Å². The molecule has 0 saturated heterocycles. The SMILES string of the molecule is CCOP(=O)(OCC)C1(COc2cc3c(cc2C(F)(F)F)N(c2ccc(F)cc2)C[C@@H](CCC(C)(F)F)N(C)S3(=O)=O)CC(F)(F)C1. The normalized spacial score (nSPS) is 21.1. The van der Waals surface area contributed by atoms with Crippen molar-refractivity contribution in [3.8, 4) is 5.75 Å². The Morgan fingerprint density at radius 3 is 2.06 bits per heavy atom. The second kappa shape index (κ2) is 13.1. The lowest BCUT2D eigenvalue weighted by Crippen LogP contribution is -2.55. The van der Waals surface area contributed by atoms with Crippen LogP contribution in [-0.4, -0.2) is 69.2 Å². The molecule has 2 aromatic carbocycles. The van der Waals surface area contributed by atoms with E-state index in [-0.39, 0.29) is 31.9 Å². The van der Waals surface area contributed by atoms with Crippen LogP contribution in [0, 0.1) is 5.82 Å². The maximum atomic E-state index is 14.6. The van der Waals surface area contributed by atoms with Crippen molar-refractivity contribution in [3.05, 3.63) is 47.8 Å². The number of anilines is 2. The Morgan fingerprint density at radius 1 is 1.00 bits per heavy atom. The molecular formula is C29H35F8N2O6PS. The molecule has 47 heavy (non-hydrogen) atoms. The molecule has 0 aromatic heterocycles. The minimum absolute atomic E-state index is 0.0678. The van der Waals surface area contributed by atoms with Gasteiger partial charge in [0.05, 0.1) is 24.5 Å². The number of rotatable bonds is 12. The highest BCUT2D eigenvalue weighted by atomic mass is 32.2. The summed E-state index contributed by atoms with van der Waals surface area (Å²) in [6, 6.07) is 4.28. The summed E-state index contributed by atoms with van der Waals surface area (Å²) >= 11 is 0. The molecule has 0 amide bonds. The molecule has 1 saturated carbocycles. The summed E-state index contributed by atoms with van der Waals surface area (Å²) in [5.74, 6) is -8.30. The Kier molecular flexibility index (Phi) is 10.4. The summed E-state index contributed by atoms with van der Waals surface area (Å²) < 4.78 is 172. The molecule has 8 nitrogen and oxygen atoms in total. The van der Waals surface area contributed by atoms with Gasteiger partial charge in [-0.15, -0.1) is 0 Å². The minimum Gasteiger partial charge on any atom is -0.492 e. The number of nitrogens with zero attached hydrogens (tertiary/aromatic N) is 2. The van der Waals surface area contributed by atoms with Gasteiger partial charge in [0.2, 0.25) is 15.9 Å². The van der Waals surface area contributed by atoms with Crippen LogP contribution in [0.15, 0.2) is 41.3 Å². The average molecular weight is 723 g/mol. The Hall–Kier alpha value is -2.46. The van der Waals surface area contributed by atoms with Crippen molar-refractivity contribution in [3.63, 3.8) is 0 Å². The van der Waals surface area contributed by atoms with Crippen LogP contribution in [0.3, 0.4) is 0 Å². The van der Waals surface area contributed by atoms with Gasteiger partial charge in [-0.1, -0.05) is 0 Å². The fraction of sp³-hybridized carbons (Fsp3) is 0.586. The third kappa shape index (κ3) is 7.74. The third-order valence-electron chi connectivity index (χ3n) is 8.13. The molecule has 2 aliphatic rings. The topological polar surface area (TPSA) is 85.4 Å². The van der Waals surface area contributed by atoms with E-state index in [1.807, 2.05) is 0 Å². The molecule has 264 valence electrons. The molecule has 1 heterocycles. The van der Waals surface area contributed by atoms with Crippen molar-refractivity contribution in [1.82, 2.24) is 4.31 Å². The summed E-state index contributed by atoms with van der Waals surface area (Å²) in [6.45, 7) is 1.64. The molecule has 0 spiro atoms. The van der Waals surface area contributed by atoms with Gasteiger partial charge >= 0.3 is 13.8 Å². The highest BCUT2D eigenvalue weighted by Crippen LogP contribution is 2.71. The lowest BCUT2D eigenvalue weighted by atomic mass is 9.81. The van der Waals surface area contributed by atoms with Crippen LogP contribution in [0.1, 0.15) is 52.0 Å². The standard InChI is InChI=1S/C29H35F8N2O6PS/c1-5-44-46(40,45-6-2)27(16-28(33,34)17-27)18-43-24-14-25-23(13-22(24)29(35,36)37)39(20-9-7-19(30)8-10-20)15-21(11-12-26(3,31)32)38(4)47(25,41)42/h7-10,13-14,21H,5-6,11-12,15-18H2,1-4H3/t21-/m1/s1. The van der Waals surface area contributed by atoms with Gasteiger partial charge in [-0.25, -0.2) is 30.4 Å². The van der Waals surface area contributed by atoms with E-state index in [0.717, 1.165) is 28.4 Å². The Bertz CT molecular complexity index is 1580. The number of alkyl halides is 7. The van der Waals surface area contributed by atoms with Gasteiger partial charge in [-0.3, -0.25) is 4.57 Å². The molecule has 1 aliphatic heterocycles. The summed E-state index contributed by atoms with van der Waals surface area (Å²) in [7, 11) is -8.01. The maximum Gasteiger partial charge on any atom is 0.420 e. The molecule has 2 aromatic rings. The lowest BCUT2D eigenvalue weighted by molar-refractivity contribution is -0.140. The van der Waals surface area contributed by atoms with E-state index in [9.17, 15) is 48.1 Å².